The molecule has 3 aromatic carbocycles. The summed E-state index contributed by atoms with van der Waals surface area (Å²) in [5.41, 5.74) is 6.92. The summed E-state index contributed by atoms with van der Waals surface area (Å²) in [7, 11) is 0. The lowest BCUT2D eigenvalue weighted by Gasteiger charge is -2.37. The maximum absolute atomic E-state index is 13.0. The summed E-state index contributed by atoms with van der Waals surface area (Å²) >= 11 is 0. The Morgan fingerprint density at radius 3 is 2.48 bits per heavy atom. The Labute approximate surface area is 147 Å². The van der Waals surface area contributed by atoms with Gasteiger partial charge in [-0.05, 0) is 42.2 Å². The number of hydrogen-bond donors (Lipinski definition) is 0. The minimum atomic E-state index is 0.129. The van der Waals surface area contributed by atoms with Crippen molar-refractivity contribution in [2.75, 3.05) is 4.90 Å². The zero-order valence-corrected chi connectivity index (χ0v) is 14.1. The van der Waals surface area contributed by atoms with Gasteiger partial charge in [-0.2, -0.15) is 0 Å². The van der Waals surface area contributed by atoms with Gasteiger partial charge in [0.05, 0.1) is 6.04 Å². The van der Waals surface area contributed by atoms with Gasteiger partial charge in [0.25, 0.3) is 5.91 Å². The highest BCUT2D eigenvalue weighted by molar-refractivity contribution is 6.11. The van der Waals surface area contributed by atoms with Gasteiger partial charge < -0.3 is 4.90 Å². The van der Waals surface area contributed by atoms with Crippen molar-refractivity contribution in [2.24, 2.45) is 0 Å². The lowest BCUT2D eigenvalue weighted by Crippen LogP contribution is -2.34. The third-order valence-corrected chi connectivity index (χ3v) is 5.56. The summed E-state index contributed by atoms with van der Waals surface area (Å²) in [5.74, 6) is 0.452. The molecule has 3 aromatic rings. The fourth-order valence-corrected chi connectivity index (χ4v) is 4.43. The Morgan fingerprint density at radius 2 is 1.64 bits per heavy atom. The second-order valence-corrected chi connectivity index (χ2v) is 7.04. The van der Waals surface area contributed by atoms with Crippen LogP contribution in [0.3, 0.4) is 0 Å². The summed E-state index contributed by atoms with van der Waals surface area (Å²) in [6, 6.07) is 25.3. The Balaban J connectivity index is 1.73. The summed E-state index contributed by atoms with van der Waals surface area (Å²) in [5, 5.41) is 0. The molecule has 1 amide bonds. The second-order valence-electron chi connectivity index (χ2n) is 7.04. The van der Waals surface area contributed by atoms with Crippen LogP contribution in [0, 0.1) is 6.92 Å². The molecular weight excluding hydrogens is 306 g/mol. The van der Waals surface area contributed by atoms with E-state index in [9.17, 15) is 4.79 Å². The first-order chi connectivity index (χ1) is 12.2. The van der Waals surface area contributed by atoms with E-state index >= 15 is 0 Å². The largest absolute Gasteiger partial charge is 0.301 e. The molecule has 122 valence electrons. The van der Waals surface area contributed by atoms with E-state index < -0.39 is 0 Å². The first-order valence-electron chi connectivity index (χ1n) is 8.82. The Bertz CT molecular complexity index is 976. The van der Waals surface area contributed by atoms with Gasteiger partial charge in [-0.25, -0.2) is 0 Å². The van der Waals surface area contributed by atoms with Gasteiger partial charge in [0.15, 0.2) is 0 Å². The first kappa shape index (κ1) is 14.5. The quantitative estimate of drug-likeness (QED) is 0.600. The van der Waals surface area contributed by atoms with Crippen LogP contribution in [0.4, 0.5) is 5.69 Å². The number of carbonyl (C=O) groups is 1. The van der Waals surface area contributed by atoms with Crippen molar-refractivity contribution in [2.45, 2.75) is 25.3 Å². The lowest BCUT2D eigenvalue weighted by atomic mass is 9.80. The van der Waals surface area contributed by atoms with Gasteiger partial charge >= 0.3 is 0 Å². The normalized spacial score (nSPS) is 20.8. The average Bonchev–Trinajstić information content (AvgIpc) is 2.94. The predicted molar refractivity (Wildman–Crippen MR) is 100 cm³/mol. The Morgan fingerprint density at radius 1 is 0.880 bits per heavy atom. The van der Waals surface area contributed by atoms with Gasteiger partial charge in [-0.15, -0.1) is 0 Å². The van der Waals surface area contributed by atoms with Crippen molar-refractivity contribution in [1.29, 1.82) is 0 Å². The molecule has 0 saturated heterocycles. The molecule has 25 heavy (non-hydrogen) atoms. The standard InChI is InChI=1S/C23H19NO/c1-15-11-12-21-20(13-15)19(16-7-3-2-4-8-16)14-22-17-9-5-6-10-18(17)23(25)24(21)22/h2-13,19,22H,14H2,1H3/t19-,22-/m0/s1. The number of nitrogens with zero attached hydrogens (tertiary/aromatic N) is 1. The first-order valence-corrected chi connectivity index (χ1v) is 8.82. The molecule has 0 aliphatic carbocycles. The van der Waals surface area contributed by atoms with E-state index in [0.29, 0.717) is 5.92 Å². The summed E-state index contributed by atoms with van der Waals surface area (Å²) < 4.78 is 0. The molecule has 2 heterocycles. The van der Waals surface area contributed by atoms with Crippen LogP contribution in [-0.2, 0) is 0 Å². The van der Waals surface area contributed by atoms with Crippen molar-refractivity contribution >= 4 is 11.6 Å². The van der Waals surface area contributed by atoms with Crippen molar-refractivity contribution in [3.63, 3.8) is 0 Å². The molecule has 0 N–H and O–H groups in total. The van der Waals surface area contributed by atoms with Gasteiger partial charge in [0.2, 0.25) is 0 Å². The molecule has 2 heteroatoms. The fraction of sp³-hybridized carbons (Fsp3) is 0.174. The minimum Gasteiger partial charge on any atom is -0.301 e. The van der Waals surface area contributed by atoms with Crippen LogP contribution in [0.1, 0.15) is 51.0 Å². The third kappa shape index (κ3) is 2.07. The summed E-state index contributed by atoms with van der Waals surface area (Å²) in [6.45, 7) is 2.12. The monoisotopic (exact) mass is 325 g/mol. The van der Waals surface area contributed by atoms with Gasteiger partial charge in [0.1, 0.15) is 0 Å². The van der Waals surface area contributed by atoms with Crippen LogP contribution in [0.25, 0.3) is 0 Å². The molecule has 0 spiro atoms. The van der Waals surface area contributed by atoms with Crippen molar-refractivity contribution in [3.8, 4) is 0 Å². The molecule has 2 nitrogen and oxygen atoms in total. The number of benzene rings is 3. The van der Waals surface area contributed by atoms with Crippen molar-refractivity contribution < 1.29 is 4.79 Å². The predicted octanol–water partition coefficient (Wildman–Crippen LogP) is 5.23. The molecule has 0 radical (unpaired) electrons. The maximum Gasteiger partial charge on any atom is 0.259 e. The highest BCUT2D eigenvalue weighted by Crippen LogP contribution is 2.51. The molecule has 0 aromatic heterocycles. The number of rotatable bonds is 1. The topological polar surface area (TPSA) is 20.3 Å². The molecule has 2 aliphatic rings. The summed E-state index contributed by atoms with van der Waals surface area (Å²) in [4.78, 5) is 15.1. The van der Waals surface area contributed by atoms with E-state index in [1.807, 2.05) is 23.1 Å². The van der Waals surface area contributed by atoms with Crippen LogP contribution in [0.5, 0.6) is 0 Å². The number of amides is 1. The summed E-state index contributed by atoms with van der Waals surface area (Å²) in [6.07, 6.45) is 0.934. The number of carbonyl (C=O) groups excluding carboxylic acids is 1. The van der Waals surface area contributed by atoms with Crippen LogP contribution < -0.4 is 4.90 Å². The number of fused-ring (bicyclic) bond motifs is 5. The van der Waals surface area contributed by atoms with Gasteiger partial charge in [-0.3, -0.25) is 4.79 Å². The highest BCUT2D eigenvalue weighted by atomic mass is 16.2. The third-order valence-electron chi connectivity index (χ3n) is 5.56. The maximum atomic E-state index is 13.0. The van der Waals surface area contributed by atoms with E-state index in [2.05, 4.69) is 61.5 Å². The number of anilines is 1. The zero-order chi connectivity index (χ0) is 17.0. The highest BCUT2D eigenvalue weighted by Gasteiger charge is 2.43. The lowest BCUT2D eigenvalue weighted by molar-refractivity contribution is 0.0988. The van der Waals surface area contributed by atoms with E-state index in [4.69, 9.17) is 0 Å². The molecule has 2 aliphatic heterocycles. The molecule has 0 unspecified atom stereocenters. The Kier molecular flexibility index (Phi) is 3.08. The van der Waals surface area contributed by atoms with Crippen molar-refractivity contribution in [3.05, 3.63) is 101 Å². The van der Waals surface area contributed by atoms with E-state index in [1.54, 1.807) is 0 Å². The van der Waals surface area contributed by atoms with Crippen LogP contribution >= 0.6 is 0 Å². The average molecular weight is 325 g/mol. The molecule has 0 saturated carbocycles. The van der Waals surface area contributed by atoms with E-state index in [1.165, 1.54) is 22.3 Å². The molecule has 0 fully saturated rings. The number of hydrogen-bond acceptors (Lipinski definition) is 1. The smallest absolute Gasteiger partial charge is 0.259 e. The van der Waals surface area contributed by atoms with Crippen molar-refractivity contribution in [1.82, 2.24) is 0 Å². The molecule has 5 rings (SSSR count). The molecule has 0 bridgehead atoms. The molecular formula is C23H19NO. The fourth-order valence-electron chi connectivity index (χ4n) is 4.43. The second kappa shape index (κ2) is 5.32. The van der Waals surface area contributed by atoms with Crippen LogP contribution in [-0.4, -0.2) is 5.91 Å². The molecule has 2 atom stereocenters. The van der Waals surface area contributed by atoms with E-state index in [0.717, 1.165) is 17.7 Å². The van der Waals surface area contributed by atoms with Gasteiger partial charge in [-0.1, -0.05) is 66.2 Å². The zero-order valence-electron chi connectivity index (χ0n) is 14.1. The van der Waals surface area contributed by atoms with Crippen LogP contribution in [0.2, 0.25) is 0 Å². The Hall–Kier alpha value is -2.87. The van der Waals surface area contributed by atoms with Crippen LogP contribution in [0.15, 0.2) is 72.8 Å². The minimum absolute atomic E-state index is 0.129. The van der Waals surface area contributed by atoms with Gasteiger partial charge in [0, 0.05) is 17.2 Å². The number of aryl methyl sites for hydroxylation is 1. The SMILES string of the molecule is Cc1ccc2c(c1)[C@H](c1ccccc1)C[C@H]1c3ccccc3C(=O)N21. The van der Waals surface area contributed by atoms with E-state index in [-0.39, 0.29) is 11.9 Å².